The molecule has 0 rings (SSSR count). The van der Waals surface area contributed by atoms with Crippen LogP contribution in [0, 0.1) is 5.92 Å². The molecular formula is C5H9NO3. The van der Waals surface area contributed by atoms with Crippen LogP contribution in [0.2, 0.25) is 0 Å². The van der Waals surface area contributed by atoms with Crippen LogP contribution >= 0.6 is 0 Å². The van der Waals surface area contributed by atoms with Gasteiger partial charge in [0.05, 0.1) is 7.11 Å². The Morgan fingerprint density at radius 1 is 1.56 bits per heavy atom. The highest BCUT2D eigenvalue weighted by Crippen LogP contribution is 1.94. The van der Waals surface area contributed by atoms with E-state index in [1.54, 1.807) is 0 Å². The summed E-state index contributed by atoms with van der Waals surface area (Å²) in [6.07, 6.45) is 0. The summed E-state index contributed by atoms with van der Waals surface area (Å²) < 4.78 is 4.23. The van der Waals surface area contributed by atoms with E-state index in [9.17, 15) is 9.59 Å². The van der Waals surface area contributed by atoms with E-state index in [-0.39, 0.29) is 0 Å². The molecule has 1 amide bonds. The van der Waals surface area contributed by atoms with Crippen molar-refractivity contribution in [1.82, 2.24) is 0 Å². The lowest BCUT2D eigenvalue weighted by molar-refractivity contribution is -0.148. The number of nitrogens with two attached hydrogens (primary N) is 1. The van der Waals surface area contributed by atoms with Crippen LogP contribution in [-0.4, -0.2) is 19.0 Å². The van der Waals surface area contributed by atoms with Gasteiger partial charge in [0.1, 0.15) is 5.92 Å². The summed E-state index contributed by atoms with van der Waals surface area (Å²) in [5.74, 6) is -2.10. The first kappa shape index (κ1) is 7.94. The molecule has 0 spiro atoms. The average Bonchev–Trinajstić information content (AvgIpc) is 1.84. The fraction of sp³-hybridized carbons (Fsp3) is 0.600. The Kier molecular flexibility index (Phi) is 2.70. The van der Waals surface area contributed by atoms with Crippen LogP contribution in [-0.2, 0) is 14.3 Å². The van der Waals surface area contributed by atoms with Gasteiger partial charge in [-0.05, 0) is 6.92 Å². The number of methoxy groups -OCH3 is 1. The number of primary amides is 1. The molecule has 0 fully saturated rings. The summed E-state index contributed by atoms with van der Waals surface area (Å²) in [5, 5.41) is 0. The van der Waals surface area contributed by atoms with Crippen LogP contribution in [0.1, 0.15) is 6.92 Å². The predicted molar refractivity (Wildman–Crippen MR) is 30.4 cm³/mol. The second-order valence-electron chi connectivity index (χ2n) is 1.65. The normalized spacial score (nSPS) is 12.2. The third-order valence-electron chi connectivity index (χ3n) is 0.982. The molecule has 0 aromatic rings. The maximum absolute atomic E-state index is 10.4. The van der Waals surface area contributed by atoms with E-state index >= 15 is 0 Å². The smallest absolute Gasteiger partial charge is 0.317 e. The molecule has 0 aliphatic carbocycles. The van der Waals surface area contributed by atoms with Gasteiger partial charge in [0.2, 0.25) is 5.91 Å². The molecular weight excluding hydrogens is 122 g/mol. The standard InChI is InChI=1S/C5H9NO3/c1-3(4(6)7)5(8)9-2/h3H,1-2H3,(H2,6,7)/t3-/m0/s1. The average molecular weight is 131 g/mol. The largest absolute Gasteiger partial charge is 0.468 e. The van der Waals surface area contributed by atoms with Crippen molar-refractivity contribution < 1.29 is 14.3 Å². The van der Waals surface area contributed by atoms with E-state index in [2.05, 4.69) is 4.74 Å². The minimum atomic E-state index is -0.838. The molecule has 0 saturated carbocycles. The first-order chi connectivity index (χ1) is 4.09. The number of amides is 1. The second-order valence-corrected chi connectivity index (χ2v) is 1.65. The Bertz CT molecular complexity index is 132. The zero-order valence-electron chi connectivity index (χ0n) is 5.38. The number of ether oxygens (including phenoxy) is 1. The molecule has 0 saturated heterocycles. The monoisotopic (exact) mass is 131 g/mol. The van der Waals surface area contributed by atoms with E-state index in [4.69, 9.17) is 5.73 Å². The summed E-state index contributed by atoms with van der Waals surface area (Å²) in [6.45, 7) is 1.40. The third-order valence-corrected chi connectivity index (χ3v) is 0.982. The van der Waals surface area contributed by atoms with Gasteiger partial charge in [-0.2, -0.15) is 0 Å². The molecule has 0 aromatic carbocycles. The fourth-order valence-electron chi connectivity index (χ4n) is 0.293. The third kappa shape index (κ3) is 2.12. The molecule has 0 aliphatic rings. The van der Waals surface area contributed by atoms with Crippen molar-refractivity contribution in [2.45, 2.75) is 6.92 Å². The number of carbonyl (C=O) groups excluding carboxylic acids is 2. The van der Waals surface area contributed by atoms with Gasteiger partial charge < -0.3 is 10.5 Å². The maximum Gasteiger partial charge on any atom is 0.317 e. The van der Waals surface area contributed by atoms with Crippen molar-refractivity contribution >= 4 is 11.9 Å². The van der Waals surface area contributed by atoms with Crippen molar-refractivity contribution in [1.29, 1.82) is 0 Å². The van der Waals surface area contributed by atoms with Gasteiger partial charge in [0.25, 0.3) is 0 Å². The summed E-state index contributed by atoms with van der Waals surface area (Å²) in [7, 11) is 1.21. The molecule has 0 heterocycles. The lowest BCUT2D eigenvalue weighted by Gasteiger charge is -2.01. The molecule has 4 nitrogen and oxygen atoms in total. The van der Waals surface area contributed by atoms with Gasteiger partial charge in [0, 0.05) is 0 Å². The summed E-state index contributed by atoms with van der Waals surface area (Å²) in [4.78, 5) is 20.7. The Hall–Kier alpha value is -1.06. The highest BCUT2D eigenvalue weighted by Gasteiger charge is 2.18. The van der Waals surface area contributed by atoms with E-state index in [1.807, 2.05) is 0 Å². The van der Waals surface area contributed by atoms with Gasteiger partial charge in [-0.1, -0.05) is 0 Å². The van der Waals surface area contributed by atoms with Crippen LogP contribution < -0.4 is 5.73 Å². The second kappa shape index (κ2) is 3.06. The molecule has 0 unspecified atom stereocenters. The molecule has 1 atom stereocenters. The van der Waals surface area contributed by atoms with Gasteiger partial charge in [-0.15, -0.1) is 0 Å². The zero-order chi connectivity index (χ0) is 7.44. The van der Waals surface area contributed by atoms with Crippen molar-refractivity contribution in [3.63, 3.8) is 0 Å². The number of rotatable bonds is 2. The Morgan fingerprint density at radius 3 is 2.11 bits per heavy atom. The Balaban J connectivity index is 3.88. The van der Waals surface area contributed by atoms with Crippen molar-refractivity contribution in [3.05, 3.63) is 0 Å². The highest BCUT2D eigenvalue weighted by atomic mass is 16.5. The molecule has 0 radical (unpaired) electrons. The number of hydrogen-bond acceptors (Lipinski definition) is 3. The van der Waals surface area contributed by atoms with Crippen LogP contribution in [0.15, 0.2) is 0 Å². The minimum absolute atomic E-state index is 0.595. The zero-order valence-corrected chi connectivity index (χ0v) is 5.38. The highest BCUT2D eigenvalue weighted by molar-refractivity contribution is 5.96. The molecule has 9 heavy (non-hydrogen) atoms. The first-order valence-corrected chi connectivity index (χ1v) is 2.46. The van der Waals surface area contributed by atoms with E-state index < -0.39 is 17.8 Å². The summed E-state index contributed by atoms with van der Waals surface area (Å²) in [6, 6.07) is 0. The van der Waals surface area contributed by atoms with Gasteiger partial charge in [-0.25, -0.2) is 0 Å². The molecule has 4 heteroatoms. The quantitative estimate of drug-likeness (QED) is 0.397. The molecule has 0 aliphatic heterocycles. The van der Waals surface area contributed by atoms with Crippen LogP contribution in [0.5, 0.6) is 0 Å². The van der Waals surface area contributed by atoms with Gasteiger partial charge in [-0.3, -0.25) is 9.59 Å². The lowest BCUT2D eigenvalue weighted by atomic mass is 10.2. The topological polar surface area (TPSA) is 69.4 Å². The van der Waals surface area contributed by atoms with Crippen molar-refractivity contribution in [2.75, 3.05) is 7.11 Å². The maximum atomic E-state index is 10.4. The molecule has 0 aromatic heterocycles. The van der Waals surface area contributed by atoms with Crippen molar-refractivity contribution in [3.8, 4) is 0 Å². The first-order valence-electron chi connectivity index (χ1n) is 2.46. The number of esters is 1. The predicted octanol–water partition coefficient (Wildman–Crippen LogP) is -0.719. The number of hydrogen-bond donors (Lipinski definition) is 1. The van der Waals surface area contributed by atoms with Gasteiger partial charge >= 0.3 is 5.97 Å². The van der Waals surface area contributed by atoms with Crippen LogP contribution in [0.3, 0.4) is 0 Å². The van der Waals surface area contributed by atoms with E-state index in [1.165, 1.54) is 14.0 Å². The molecule has 2 N–H and O–H groups in total. The Labute approximate surface area is 53.0 Å². The van der Waals surface area contributed by atoms with Crippen molar-refractivity contribution in [2.24, 2.45) is 11.7 Å². The minimum Gasteiger partial charge on any atom is -0.468 e. The number of carbonyl (C=O) groups is 2. The van der Waals surface area contributed by atoms with E-state index in [0.29, 0.717) is 0 Å². The summed E-state index contributed by atoms with van der Waals surface area (Å²) in [5.41, 5.74) is 4.77. The lowest BCUT2D eigenvalue weighted by Crippen LogP contribution is -2.28. The molecule has 0 bridgehead atoms. The van der Waals surface area contributed by atoms with Gasteiger partial charge in [0.15, 0.2) is 0 Å². The van der Waals surface area contributed by atoms with Crippen LogP contribution in [0.4, 0.5) is 0 Å². The molecule has 52 valence electrons. The van der Waals surface area contributed by atoms with Crippen LogP contribution in [0.25, 0.3) is 0 Å². The van der Waals surface area contributed by atoms with E-state index in [0.717, 1.165) is 0 Å². The fourth-order valence-corrected chi connectivity index (χ4v) is 0.293. The SMILES string of the molecule is COC(=O)[C@@H](C)C(N)=O. The summed E-state index contributed by atoms with van der Waals surface area (Å²) >= 11 is 0. The Morgan fingerprint density at radius 2 is 2.00 bits per heavy atom.